The van der Waals surface area contributed by atoms with Crippen LogP contribution in [0.3, 0.4) is 0 Å². The summed E-state index contributed by atoms with van der Waals surface area (Å²) in [6.07, 6.45) is -0.462. The van der Waals surface area contributed by atoms with Crippen LogP contribution >= 0.6 is 34.8 Å². The lowest BCUT2D eigenvalue weighted by atomic mass is 10.5. The highest BCUT2D eigenvalue weighted by Gasteiger charge is 2.39. The Morgan fingerprint density at radius 1 is 1.57 bits per heavy atom. The summed E-state index contributed by atoms with van der Waals surface area (Å²) >= 11 is 17.3. The number of alkyl halides is 3. The molecule has 0 aliphatic rings. The second-order valence-electron chi connectivity index (χ2n) is 4.90. The first-order valence-corrected chi connectivity index (χ1v) is 7.64. The third kappa shape index (κ3) is 5.69. The van der Waals surface area contributed by atoms with Crippen LogP contribution in [0.5, 0.6) is 0 Å². The van der Waals surface area contributed by atoms with Crippen LogP contribution < -0.4 is 10.2 Å². The highest BCUT2D eigenvalue weighted by atomic mass is 35.6. The van der Waals surface area contributed by atoms with Gasteiger partial charge in [0.2, 0.25) is 6.17 Å². The Balaban J connectivity index is 2.58. The van der Waals surface area contributed by atoms with Crippen molar-refractivity contribution >= 4 is 46.7 Å². The van der Waals surface area contributed by atoms with Gasteiger partial charge in [0.1, 0.15) is 19.3 Å². The molecule has 1 heterocycles. The molecule has 0 bridgehead atoms. The van der Waals surface area contributed by atoms with Crippen molar-refractivity contribution in [2.75, 3.05) is 20.7 Å². The van der Waals surface area contributed by atoms with Crippen molar-refractivity contribution in [3.05, 3.63) is 22.1 Å². The van der Waals surface area contributed by atoms with Gasteiger partial charge in [-0.3, -0.25) is 5.32 Å². The van der Waals surface area contributed by atoms with Crippen molar-refractivity contribution in [3.8, 4) is 0 Å². The van der Waals surface area contributed by atoms with Crippen LogP contribution in [0.2, 0.25) is 0 Å². The van der Waals surface area contributed by atoms with Gasteiger partial charge in [-0.1, -0.05) is 34.8 Å². The molecule has 130 valence electrons. The zero-order valence-electron chi connectivity index (χ0n) is 12.7. The van der Waals surface area contributed by atoms with E-state index in [4.69, 9.17) is 39.5 Å². The smallest absolute Gasteiger partial charge is 0.411 e. The second kappa shape index (κ2) is 8.00. The van der Waals surface area contributed by atoms with Crippen LogP contribution in [-0.2, 0) is 11.3 Å². The molecule has 1 aromatic rings. The molecular weight excluding hydrogens is 373 g/mol. The first kappa shape index (κ1) is 19.8. The monoisotopic (exact) mass is 388 g/mol. The molecule has 0 saturated carbocycles. The van der Waals surface area contributed by atoms with Gasteiger partial charge in [0.15, 0.2) is 5.82 Å². The highest BCUT2D eigenvalue weighted by Crippen LogP contribution is 2.27. The normalized spacial score (nSPS) is 13.0. The van der Waals surface area contributed by atoms with Crippen LogP contribution in [0.25, 0.3) is 0 Å². The van der Waals surface area contributed by atoms with Gasteiger partial charge in [-0.05, 0) is 4.92 Å². The molecule has 1 atom stereocenters. The van der Waals surface area contributed by atoms with Gasteiger partial charge in [-0.2, -0.15) is 0 Å². The number of ether oxygens (including phenoxy) is 1. The molecule has 12 heteroatoms. The molecular formula is C11H17Cl3N5O4+. The Hall–Kier alpha value is -1.29. The minimum Gasteiger partial charge on any atom is -0.445 e. The molecule has 1 aromatic heterocycles. The Morgan fingerprint density at radius 2 is 2.17 bits per heavy atom. The average Bonchev–Trinajstić information content (AvgIpc) is 2.76. The third-order valence-electron chi connectivity index (χ3n) is 2.94. The maximum atomic E-state index is 11.8. The molecule has 1 rings (SSSR count). The lowest BCUT2D eigenvalue weighted by Crippen LogP contribution is -3.14. The number of quaternary nitrogens is 1. The van der Waals surface area contributed by atoms with Gasteiger partial charge in [0.25, 0.3) is 3.79 Å². The van der Waals surface area contributed by atoms with Gasteiger partial charge < -0.3 is 19.8 Å². The summed E-state index contributed by atoms with van der Waals surface area (Å²) in [6.45, 7) is 1.60. The standard InChI is InChI=1S/C11H16Cl3N5O4/c1-7-15-6-8(19(21)22)18(7)4-5-23-10(20)16-9(17(2)3)11(12,13)14/h6,9H,4-5H2,1-3H3,(H,16,20)/p+1/t9-/m1/s1. The van der Waals surface area contributed by atoms with E-state index in [1.54, 1.807) is 21.0 Å². The number of rotatable bonds is 6. The van der Waals surface area contributed by atoms with Gasteiger partial charge >= 0.3 is 11.9 Å². The van der Waals surface area contributed by atoms with E-state index in [1.807, 2.05) is 0 Å². The van der Waals surface area contributed by atoms with E-state index < -0.39 is 21.0 Å². The van der Waals surface area contributed by atoms with Crippen molar-refractivity contribution in [1.82, 2.24) is 14.9 Å². The number of nitro groups is 1. The predicted octanol–water partition coefficient (Wildman–Crippen LogP) is 0.667. The van der Waals surface area contributed by atoms with Gasteiger partial charge in [-0.15, -0.1) is 0 Å². The number of aryl methyl sites for hydroxylation is 1. The fraction of sp³-hybridized carbons (Fsp3) is 0.636. The first-order chi connectivity index (χ1) is 10.5. The molecule has 0 aliphatic carbocycles. The SMILES string of the molecule is Cc1ncc([N+](=O)[O-])n1CCOC(=O)N[C@H]([NH+](C)C)C(Cl)(Cl)Cl. The van der Waals surface area contributed by atoms with Gasteiger partial charge in [0.05, 0.1) is 14.1 Å². The lowest BCUT2D eigenvalue weighted by molar-refractivity contribution is -0.887. The van der Waals surface area contributed by atoms with E-state index in [0.29, 0.717) is 10.7 Å². The fourth-order valence-corrected chi connectivity index (χ4v) is 2.64. The Kier molecular flexibility index (Phi) is 6.87. The number of nitrogens with one attached hydrogen (secondary N) is 2. The van der Waals surface area contributed by atoms with Crippen molar-refractivity contribution in [1.29, 1.82) is 0 Å². The van der Waals surface area contributed by atoms with Crippen molar-refractivity contribution in [2.45, 2.75) is 23.4 Å². The molecule has 9 nitrogen and oxygen atoms in total. The number of alkyl carbamates (subject to hydrolysis) is 1. The van der Waals surface area contributed by atoms with Gasteiger partial charge in [0, 0.05) is 6.92 Å². The summed E-state index contributed by atoms with van der Waals surface area (Å²) in [7, 11) is 3.40. The molecule has 0 fully saturated rings. The van der Waals surface area contributed by atoms with E-state index in [9.17, 15) is 14.9 Å². The highest BCUT2D eigenvalue weighted by molar-refractivity contribution is 6.68. The topological polar surface area (TPSA) is 104 Å². The molecule has 0 aromatic carbocycles. The first-order valence-electron chi connectivity index (χ1n) is 6.50. The van der Waals surface area contributed by atoms with Crippen LogP contribution in [0.4, 0.5) is 10.6 Å². The summed E-state index contributed by atoms with van der Waals surface area (Å²) in [5.74, 6) is 0.265. The Bertz CT molecular complexity index is 572. The summed E-state index contributed by atoms with van der Waals surface area (Å²) in [6, 6.07) is 0. The van der Waals surface area contributed by atoms with Gasteiger partial charge in [-0.25, -0.2) is 14.3 Å². The number of imidazole rings is 1. The summed E-state index contributed by atoms with van der Waals surface area (Å²) in [5, 5.41) is 13.3. The number of amides is 1. The largest absolute Gasteiger partial charge is 0.445 e. The number of hydrogen-bond donors (Lipinski definition) is 2. The van der Waals surface area contributed by atoms with E-state index in [1.165, 1.54) is 4.57 Å². The number of carbonyl (C=O) groups excluding carboxylic acids is 1. The van der Waals surface area contributed by atoms with Crippen LogP contribution in [0.15, 0.2) is 6.20 Å². The quantitative estimate of drug-likeness (QED) is 0.322. The summed E-state index contributed by atoms with van der Waals surface area (Å²) < 4.78 is 4.59. The predicted molar refractivity (Wildman–Crippen MR) is 85.0 cm³/mol. The molecule has 0 radical (unpaired) electrons. The van der Waals surface area contributed by atoms with Crippen LogP contribution in [-0.4, -0.2) is 51.2 Å². The number of aromatic nitrogens is 2. The number of carbonyl (C=O) groups is 1. The fourth-order valence-electron chi connectivity index (χ4n) is 1.82. The molecule has 2 N–H and O–H groups in total. The molecule has 0 unspecified atom stereocenters. The van der Waals surface area contributed by atoms with Crippen molar-refractivity contribution in [3.63, 3.8) is 0 Å². The van der Waals surface area contributed by atoms with E-state index in [2.05, 4.69) is 10.3 Å². The average molecular weight is 390 g/mol. The van der Waals surface area contributed by atoms with E-state index >= 15 is 0 Å². The number of nitrogens with zero attached hydrogens (tertiary/aromatic N) is 3. The minimum absolute atomic E-state index is 0.0861. The second-order valence-corrected chi connectivity index (χ2v) is 7.27. The summed E-state index contributed by atoms with van der Waals surface area (Å²) in [5.41, 5.74) is 0. The number of halogens is 3. The van der Waals surface area contributed by atoms with Crippen molar-refractivity contribution in [2.24, 2.45) is 0 Å². The third-order valence-corrected chi connectivity index (χ3v) is 3.59. The molecule has 0 aliphatic heterocycles. The zero-order valence-corrected chi connectivity index (χ0v) is 14.9. The lowest BCUT2D eigenvalue weighted by Gasteiger charge is -2.27. The molecule has 0 saturated heterocycles. The molecule has 0 spiro atoms. The van der Waals surface area contributed by atoms with E-state index in [0.717, 1.165) is 6.20 Å². The Morgan fingerprint density at radius 3 is 2.65 bits per heavy atom. The zero-order chi connectivity index (χ0) is 17.8. The Labute approximate surface area is 147 Å². The van der Waals surface area contributed by atoms with Crippen LogP contribution in [0, 0.1) is 17.0 Å². The van der Waals surface area contributed by atoms with Crippen LogP contribution in [0.1, 0.15) is 5.82 Å². The molecule has 1 amide bonds. The maximum absolute atomic E-state index is 11.8. The number of hydrogen-bond acceptors (Lipinski definition) is 5. The van der Waals surface area contributed by atoms with Crippen molar-refractivity contribution < 1.29 is 19.4 Å². The maximum Gasteiger partial charge on any atom is 0.411 e. The molecule has 23 heavy (non-hydrogen) atoms. The minimum atomic E-state index is -1.71. The van der Waals surface area contributed by atoms with E-state index in [-0.39, 0.29) is 19.0 Å². The summed E-state index contributed by atoms with van der Waals surface area (Å²) in [4.78, 5) is 26.6.